The standard InChI is InChI=1S/C66H70N8S4/c1-3-5-7-9-11-13-15-17-19-21-43-73-63-47-29-25-41-69-59(47)57-45(27-23-39-67-57)61(63)71-65(73)55-37-35-53(77-55)51-33-31-49(75-51)50-32-34-52(76-50)54-36-38-56(78-54)66-72-62-46-28-24-40-68-58(46)60-48(30-26-42-70-60)64(62)74(66)44-22-20-18-16-14-12-10-8-6-4-2/h23-42H,3-22,43-44H2,1-2H3. The number of aromatic nitrogens is 8. The van der Waals surface area contributed by atoms with Gasteiger partial charge >= 0.3 is 0 Å². The van der Waals surface area contributed by atoms with Gasteiger partial charge in [0, 0.05) is 88.7 Å². The average Bonchev–Trinajstić information content (AvgIpc) is 4.54. The summed E-state index contributed by atoms with van der Waals surface area (Å²) in [7, 11) is 0. The first-order valence-corrected chi connectivity index (χ1v) is 32.4. The van der Waals surface area contributed by atoms with Crippen LogP contribution in [0.4, 0.5) is 0 Å². The topological polar surface area (TPSA) is 87.2 Å². The quantitative estimate of drug-likeness (QED) is 0.0377. The highest BCUT2D eigenvalue weighted by Crippen LogP contribution is 2.47. The van der Waals surface area contributed by atoms with Gasteiger partial charge in [0.25, 0.3) is 0 Å². The number of imidazole rings is 2. The third-order valence-corrected chi connectivity index (χ3v) is 20.6. The first-order valence-electron chi connectivity index (χ1n) is 29.1. The summed E-state index contributed by atoms with van der Waals surface area (Å²) >= 11 is 7.46. The molecule has 0 fully saturated rings. The Hall–Kier alpha value is -6.18. The van der Waals surface area contributed by atoms with Crippen molar-refractivity contribution in [3.05, 3.63) is 122 Å². The molecule has 398 valence electrons. The van der Waals surface area contributed by atoms with Crippen LogP contribution in [0, 0.1) is 0 Å². The summed E-state index contributed by atoms with van der Waals surface area (Å²) in [6.45, 7) is 6.43. The van der Waals surface area contributed by atoms with Gasteiger partial charge in [-0.3, -0.25) is 19.9 Å². The number of pyridine rings is 4. The van der Waals surface area contributed by atoms with E-state index in [2.05, 4.69) is 108 Å². The van der Waals surface area contributed by atoms with Gasteiger partial charge in [-0.25, -0.2) is 9.97 Å². The van der Waals surface area contributed by atoms with E-state index in [1.54, 1.807) is 0 Å². The van der Waals surface area contributed by atoms with Crippen molar-refractivity contribution in [1.82, 2.24) is 39.0 Å². The lowest BCUT2D eigenvalue weighted by atomic mass is 10.1. The zero-order valence-electron chi connectivity index (χ0n) is 45.3. The summed E-state index contributed by atoms with van der Waals surface area (Å²) in [4.78, 5) is 40.5. The Morgan fingerprint density at radius 2 is 0.564 bits per heavy atom. The zero-order valence-corrected chi connectivity index (χ0v) is 48.6. The maximum Gasteiger partial charge on any atom is 0.151 e. The number of aryl methyl sites for hydroxylation is 2. The molecule has 0 unspecified atom stereocenters. The van der Waals surface area contributed by atoms with Crippen LogP contribution in [-0.4, -0.2) is 39.0 Å². The first kappa shape index (κ1) is 52.5. The minimum absolute atomic E-state index is 0.916. The number of thiophene rings is 4. The summed E-state index contributed by atoms with van der Waals surface area (Å²) in [6, 6.07) is 35.3. The summed E-state index contributed by atoms with van der Waals surface area (Å²) in [5.74, 6) is 2.08. The van der Waals surface area contributed by atoms with Crippen LogP contribution in [-0.2, 0) is 13.1 Å². The van der Waals surface area contributed by atoms with Crippen molar-refractivity contribution in [3.63, 3.8) is 0 Å². The van der Waals surface area contributed by atoms with Gasteiger partial charge in [-0.2, -0.15) is 0 Å². The monoisotopic (exact) mass is 1100 g/mol. The highest BCUT2D eigenvalue weighted by Gasteiger charge is 2.24. The van der Waals surface area contributed by atoms with E-state index in [1.165, 1.54) is 166 Å². The Kier molecular flexibility index (Phi) is 16.7. The van der Waals surface area contributed by atoms with Gasteiger partial charge in [0.15, 0.2) is 11.6 Å². The van der Waals surface area contributed by atoms with Crippen molar-refractivity contribution in [2.45, 2.75) is 155 Å². The fraction of sp³-hybridized carbons (Fsp3) is 0.364. The molecule has 12 heteroatoms. The summed E-state index contributed by atoms with van der Waals surface area (Å²) in [6.07, 6.45) is 33.7. The van der Waals surface area contributed by atoms with Crippen LogP contribution < -0.4 is 0 Å². The molecule has 0 N–H and O–H groups in total. The second-order valence-corrected chi connectivity index (χ2v) is 25.5. The largest absolute Gasteiger partial charge is 0.323 e. The van der Waals surface area contributed by atoms with Crippen LogP contribution in [0.3, 0.4) is 0 Å². The lowest BCUT2D eigenvalue weighted by molar-refractivity contribution is 0.539. The summed E-state index contributed by atoms with van der Waals surface area (Å²) in [5, 5.41) is 4.37. The molecule has 0 aliphatic heterocycles. The number of unbranched alkanes of at least 4 members (excludes halogenated alkanes) is 18. The van der Waals surface area contributed by atoms with E-state index in [0.717, 1.165) is 92.2 Å². The molecule has 0 saturated carbocycles. The molecule has 0 aliphatic rings. The molecular formula is C66H70N8S4. The number of hydrogen-bond donors (Lipinski definition) is 0. The maximum atomic E-state index is 5.51. The Morgan fingerprint density at radius 1 is 0.295 bits per heavy atom. The minimum Gasteiger partial charge on any atom is -0.323 e. The molecule has 78 heavy (non-hydrogen) atoms. The van der Waals surface area contributed by atoms with Crippen LogP contribution in [0.2, 0.25) is 0 Å². The van der Waals surface area contributed by atoms with Crippen LogP contribution >= 0.6 is 45.3 Å². The number of benzene rings is 2. The molecular weight excluding hydrogens is 1030 g/mol. The second-order valence-electron chi connectivity index (χ2n) is 21.2. The molecule has 0 aliphatic carbocycles. The van der Waals surface area contributed by atoms with Crippen molar-refractivity contribution in [1.29, 1.82) is 0 Å². The average molecular weight is 1100 g/mol. The Balaban J connectivity index is 0.793. The van der Waals surface area contributed by atoms with Crippen molar-refractivity contribution in [2.24, 2.45) is 0 Å². The van der Waals surface area contributed by atoms with E-state index in [4.69, 9.17) is 29.9 Å². The van der Waals surface area contributed by atoms with Crippen molar-refractivity contribution >= 4 is 111 Å². The van der Waals surface area contributed by atoms with Crippen LogP contribution in [0.5, 0.6) is 0 Å². The van der Waals surface area contributed by atoms with Crippen molar-refractivity contribution in [2.75, 3.05) is 0 Å². The predicted octanol–water partition coefficient (Wildman–Crippen LogP) is 21.0. The van der Waals surface area contributed by atoms with Crippen molar-refractivity contribution < 1.29 is 0 Å². The van der Waals surface area contributed by atoms with Gasteiger partial charge in [0.1, 0.15) is 0 Å². The minimum atomic E-state index is 0.916. The maximum absolute atomic E-state index is 5.51. The molecule has 0 saturated heterocycles. The molecule has 12 rings (SSSR count). The normalized spacial score (nSPS) is 12.1. The summed E-state index contributed by atoms with van der Waals surface area (Å²) in [5.41, 5.74) is 8.09. The van der Waals surface area contributed by atoms with Crippen LogP contribution in [0.1, 0.15) is 142 Å². The predicted molar refractivity (Wildman–Crippen MR) is 337 cm³/mol. The van der Waals surface area contributed by atoms with Gasteiger partial charge in [-0.15, -0.1) is 45.3 Å². The molecule has 10 aromatic heterocycles. The third kappa shape index (κ3) is 10.9. The van der Waals surface area contributed by atoms with Gasteiger partial charge in [-0.05, 0) is 110 Å². The fourth-order valence-corrected chi connectivity index (χ4v) is 16.0. The van der Waals surface area contributed by atoms with E-state index in [0.29, 0.717) is 0 Å². The lowest BCUT2D eigenvalue weighted by Crippen LogP contribution is -2.01. The molecule has 12 aromatic rings. The van der Waals surface area contributed by atoms with Gasteiger partial charge < -0.3 is 9.13 Å². The molecule has 0 radical (unpaired) electrons. The molecule has 0 atom stereocenters. The number of rotatable bonds is 27. The fourth-order valence-electron chi connectivity index (χ4n) is 11.7. The molecule has 0 spiro atoms. The van der Waals surface area contributed by atoms with Gasteiger partial charge in [0.05, 0.1) is 53.9 Å². The third-order valence-electron chi connectivity index (χ3n) is 15.7. The number of fused-ring (bicyclic) bond motifs is 12. The highest BCUT2D eigenvalue weighted by atomic mass is 32.1. The second kappa shape index (κ2) is 24.9. The van der Waals surface area contributed by atoms with Crippen LogP contribution in [0.15, 0.2) is 122 Å². The van der Waals surface area contributed by atoms with E-state index in [1.807, 2.05) is 82.3 Å². The van der Waals surface area contributed by atoms with Gasteiger partial charge in [0.2, 0.25) is 0 Å². The Morgan fingerprint density at radius 3 is 0.897 bits per heavy atom. The van der Waals surface area contributed by atoms with Crippen molar-refractivity contribution in [3.8, 4) is 50.7 Å². The molecule has 8 nitrogen and oxygen atoms in total. The first-order chi connectivity index (χ1) is 38.7. The molecule has 10 heterocycles. The number of hydrogen-bond acceptors (Lipinski definition) is 10. The number of nitrogens with zero attached hydrogens (tertiary/aromatic N) is 8. The summed E-state index contributed by atoms with van der Waals surface area (Å²) < 4.78 is 5.00. The van der Waals surface area contributed by atoms with Gasteiger partial charge in [-0.1, -0.05) is 129 Å². The smallest absolute Gasteiger partial charge is 0.151 e. The zero-order chi connectivity index (χ0) is 52.6. The van der Waals surface area contributed by atoms with E-state index >= 15 is 0 Å². The van der Waals surface area contributed by atoms with Crippen LogP contribution in [0.25, 0.3) is 116 Å². The lowest BCUT2D eigenvalue weighted by Gasteiger charge is -2.11. The molecule has 0 bridgehead atoms. The SMILES string of the molecule is CCCCCCCCCCCCn1c(-c2ccc(-c3ccc(-c4ccc(-c5ccc(-c6nc7c8cccnc8c8ncccc8c7n6CCCCCCCCCCCC)s5)s4)s3)s2)nc2c3cccnc3c3ncccc3c21. The molecule has 2 aromatic carbocycles. The highest BCUT2D eigenvalue weighted by molar-refractivity contribution is 7.29. The Labute approximate surface area is 474 Å². The van der Waals surface area contributed by atoms with E-state index in [9.17, 15) is 0 Å². The van der Waals surface area contributed by atoms with E-state index < -0.39 is 0 Å². The van der Waals surface area contributed by atoms with E-state index in [-0.39, 0.29) is 0 Å². The molecule has 0 amide bonds. The Bertz CT molecular complexity index is 3700.